The van der Waals surface area contributed by atoms with Crippen molar-refractivity contribution in [1.29, 1.82) is 0 Å². The molecule has 1 aliphatic heterocycles. The molecule has 148 valence electrons. The van der Waals surface area contributed by atoms with Gasteiger partial charge in [-0.05, 0) is 44.9 Å². The summed E-state index contributed by atoms with van der Waals surface area (Å²) in [7, 11) is 0. The van der Waals surface area contributed by atoms with Gasteiger partial charge in [-0.1, -0.05) is 29.0 Å². The van der Waals surface area contributed by atoms with Crippen LogP contribution < -0.4 is 10.2 Å². The van der Waals surface area contributed by atoms with Gasteiger partial charge in [0, 0.05) is 36.9 Å². The summed E-state index contributed by atoms with van der Waals surface area (Å²) >= 11 is 8.02. The average molecular weight is 420 g/mol. The van der Waals surface area contributed by atoms with Crippen LogP contribution in [0.2, 0.25) is 5.15 Å². The Kier molecular flexibility index (Phi) is 5.66. The van der Waals surface area contributed by atoms with Crippen LogP contribution in [0.15, 0.2) is 30.5 Å². The van der Waals surface area contributed by atoms with E-state index in [0.717, 1.165) is 40.0 Å². The van der Waals surface area contributed by atoms with Crippen LogP contribution in [-0.2, 0) is 6.54 Å². The maximum absolute atomic E-state index is 13.5. The number of hydrogen-bond acceptors (Lipinski definition) is 5. The Bertz CT molecular complexity index is 963. The number of aromatic nitrogens is 3. The van der Waals surface area contributed by atoms with Gasteiger partial charge in [-0.15, -0.1) is 0 Å². The van der Waals surface area contributed by atoms with Gasteiger partial charge in [0.2, 0.25) is 0 Å². The number of nitrogens with zero attached hydrogens (tertiary/aromatic N) is 4. The number of benzene rings is 1. The van der Waals surface area contributed by atoms with Crippen molar-refractivity contribution in [3.05, 3.63) is 57.6 Å². The molecular formula is C20H23ClFN5S. The zero-order valence-electron chi connectivity index (χ0n) is 16.0. The van der Waals surface area contributed by atoms with E-state index >= 15 is 0 Å². The monoisotopic (exact) mass is 419 g/mol. The fourth-order valence-corrected chi connectivity index (χ4v) is 4.81. The van der Waals surface area contributed by atoms with E-state index in [-0.39, 0.29) is 11.9 Å². The zero-order chi connectivity index (χ0) is 19.7. The number of halogens is 2. The molecule has 2 aromatic heterocycles. The highest BCUT2D eigenvalue weighted by molar-refractivity contribution is 7.16. The van der Waals surface area contributed by atoms with Gasteiger partial charge in [-0.3, -0.25) is 0 Å². The third-order valence-electron chi connectivity index (χ3n) is 5.15. The largest absolute Gasteiger partial charge is 0.348 e. The molecule has 5 nitrogen and oxygen atoms in total. The molecule has 4 rings (SSSR count). The molecule has 1 fully saturated rings. The van der Waals surface area contributed by atoms with E-state index in [1.54, 1.807) is 22.1 Å². The molecule has 0 unspecified atom stereocenters. The summed E-state index contributed by atoms with van der Waals surface area (Å²) in [5.41, 5.74) is 2.78. The second-order valence-electron chi connectivity index (χ2n) is 7.08. The molecule has 1 aliphatic rings. The first-order chi connectivity index (χ1) is 13.5. The highest BCUT2D eigenvalue weighted by Crippen LogP contribution is 2.32. The van der Waals surface area contributed by atoms with Gasteiger partial charge in [0.05, 0.1) is 16.8 Å². The number of anilines is 1. The first kappa shape index (κ1) is 19.4. The molecule has 0 spiro atoms. The highest BCUT2D eigenvalue weighted by atomic mass is 35.5. The van der Waals surface area contributed by atoms with Crippen molar-refractivity contribution in [1.82, 2.24) is 20.1 Å². The van der Waals surface area contributed by atoms with Crippen LogP contribution in [0.5, 0.6) is 0 Å². The summed E-state index contributed by atoms with van der Waals surface area (Å²) in [6.45, 7) is 6.86. The van der Waals surface area contributed by atoms with E-state index in [1.165, 1.54) is 25.0 Å². The van der Waals surface area contributed by atoms with Crippen molar-refractivity contribution in [2.45, 2.75) is 39.3 Å². The third kappa shape index (κ3) is 3.92. The van der Waals surface area contributed by atoms with Crippen LogP contribution >= 0.6 is 22.9 Å². The minimum atomic E-state index is -0.270. The van der Waals surface area contributed by atoms with Crippen molar-refractivity contribution in [2.24, 2.45) is 0 Å². The van der Waals surface area contributed by atoms with Crippen molar-refractivity contribution < 1.29 is 4.39 Å². The van der Waals surface area contributed by atoms with E-state index in [4.69, 9.17) is 11.6 Å². The Hall–Kier alpha value is -1.96. The Morgan fingerprint density at radius 3 is 2.86 bits per heavy atom. The Morgan fingerprint density at radius 2 is 2.11 bits per heavy atom. The summed E-state index contributed by atoms with van der Waals surface area (Å²) < 4.78 is 15.3. The van der Waals surface area contributed by atoms with Crippen LogP contribution in [0, 0.1) is 12.7 Å². The second kappa shape index (κ2) is 8.19. The van der Waals surface area contributed by atoms with Crippen molar-refractivity contribution in [3.63, 3.8) is 0 Å². The predicted molar refractivity (Wildman–Crippen MR) is 112 cm³/mol. The molecule has 0 aliphatic carbocycles. The van der Waals surface area contributed by atoms with E-state index < -0.39 is 0 Å². The summed E-state index contributed by atoms with van der Waals surface area (Å²) in [5, 5.41) is 9.56. The van der Waals surface area contributed by atoms with Crippen LogP contribution in [0.3, 0.4) is 0 Å². The molecule has 8 heteroatoms. The number of hydrogen-bond donors (Lipinski definition) is 1. The molecule has 1 aromatic carbocycles. The maximum Gasteiger partial charge on any atom is 0.187 e. The smallest absolute Gasteiger partial charge is 0.187 e. The van der Waals surface area contributed by atoms with Gasteiger partial charge in [0.1, 0.15) is 11.0 Å². The van der Waals surface area contributed by atoms with Crippen LogP contribution in [0.1, 0.15) is 41.9 Å². The van der Waals surface area contributed by atoms with Gasteiger partial charge in [-0.25, -0.2) is 14.1 Å². The van der Waals surface area contributed by atoms with Crippen molar-refractivity contribution in [2.75, 3.05) is 18.0 Å². The predicted octanol–water partition coefficient (Wildman–Crippen LogP) is 4.88. The zero-order valence-corrected chi connectivity index (χ0v) is 17.5. The van der Waals surface area contributed by atoms with Crippen LogP contribution in [0.4, 0.5) is 9.52 Å². The van der Waals surface area contributed by atoms with E-state index in [0.29, 0.717) is 11.7 Å². The van der Waals surface area contributed by atoms with Gasteiger partial charge in [-0.2, -0.15) is 5.10 Å². The van der Waals surface area contributed by atoms with E-state index in [9.17, 15) is 4.39 Å². The molecule has 3 aromatic rings. The SMILES string of the molecule is Cc1c([C@@H](C)NCc2sc(N3CCCC3)nc2Cl)cnn1-c1cccc(F)c1. The van der Waals surface area contributed by atoms with Crippen LogP contribution in [0.25, 0.3) is 5.69 Å². The lowest BCUT2D eigenvalue weighted by Gasteiger charge is -2.14. The summed E-state index contributed by atoms with van der Waals surface area (Å²) in [5.74, 6) is -0.270. The average Bonchev–Trinajstić information content (AvgIpc) is 3.40. The number of nitrogens with one attached hydrogen (secondary N) is 1. The lowest BCUT2D eigenvalue weighted by atomic mass is 10.1. The van der Waals surface area contributed by atoms with Gasteiger partial charge in [0.15, 0.2) is 5.13 Å². The highest BCUT2D eigenvalue weighted by Gasteiger charge is 2.20. The van der Waals surface area contributed by atoms with Gasteiger partial charge in [0.25, 0.3) is 0 Å². The summed E-state index contributed by atoms with van der Waals surface area (Å²) in [6.07, 6.45) is 4.27. The number of rotatable bonds is 6. The minimum Gasteiger partial charge on any atom is -0.348 e. The Labute approximate surface area is 173 Å². The standard InChI is InChI=1S/C20H23ClFN5S/c1-13(17-11-24-27(14(17)2)16-7-5-6-15(22)10-16)23-12-18-19(21)25-20(28-18)26-8-3-4-9-26/h5-7,10-11,13,23H,3-4,8-9,12H2,1-2H3/t13-/m1/s1. The van der Waals surface area contributed by atoms with E-state index in [2.05, 4.69) is 27.2 Å². The molecule has 0 radical (unpaired) electrons. The summed E-state index contributed by atoms with van der Waals surface area (Å²) in [6, 6.07) is 6.54. The molecule has 0 amide bonds. The molecule has 1 saturated heterocycles. The van der Waals surface area contributed by atoms with Crippen LogP contribution in [-0.4, -0.2) is 27.9 Å². The quantitative estimate of drug-likeness (QED) is 0.618. The Morgan fingerprint density at radius 1 is 1.32 bits per heavy atom. The molecule has 28 heavy (non-hydrogen) atoms. The molecule has 0 saturated carbocycles. The van der Waals surface area contributed by atoms with Gasteiger partial charge < -0.3 is 10.2 Å². The molecule has 1 atom stereocenters. The van der Waals surface area contributed by atoms with Crippen molar-refractivity contribution >= 4 is 28.1 Å². The number of thiazole rings is 1. The molecule has 0 bridgehead atoms. The third-order valence-corrected chi connectivity index (χ3v) is 6.69. The molecule has 1 N–H and O–H groups in total. The lowest BCUT2D eigenvalue weighted by Crippen LogP contribution is -2.18. The molecule has 3 heterocycles. The topological polar surface area (TPSA) is 46.0 Å². The second-order valence-corrected chi connectivity index (χ2v) is 8.50. The maximum atomic E-state index is 13.5. The Balaban J connectivity index is 1.45. The fraction of sp³-hybridized carbons (Fsp3) is 0.400. The molecular weight excluding hydrogens is 397 g/mol. The first-order valence-electron chi connectivity index (χ1n) is 9.47. The van der Waals surface area contributed by atoms with E-state index in [1.807, 2.05) is 19.2 Å². The lowest BCUT2D eigenvalue weighted by molar-refractivity contribution is 0.575. The first-order valence-corrected chi connectivity index (χ1v) is 10.7. The normalized spacial score (nSPS) is 15.4. The van der Waals surface area contributed by atoms with Crippen molar-refractivity contribution in [3.8, 4) is 5.69 Å². The minimum absolute atomic E-state index is 0.0794. The van der Waals surface area contributed by atoms with Gasteiger partial charge >= 0.3 is 0 Å². The fourth-order valence-electron chi connectivity index (χ4n) is 3.55. The summed E-state index contributed by atoms with van der Waals surface area (Å²) in [4.78, 5) is 7.88.